The summed E-state index contributed by atoms with van der Waals surface area (Å²) in [5.41, 5.74) is 4.06. The molecule has 0 spiro atoms. The fourth-order valence-electron chi connectivity index (χ4n) is 4.23. The Hall–Kier alpha value is -3.27. The number of benzene rings is 3. The molecule has 32 heavy (non-hydrogen) atoms. The third kappa shape index (κ3) is 5.70. The first-order chi connectivity index (χ1) is 15.6. The van der Waals surface area contributed by atoms with Gasteiger partial charge in [0, 0.05) is 24.3 Å². The molecule has 4 heteroatoms. The van der Waals surface area contributed by atoms with Crippen molar-refractivity contribution < 1.29 is 9.53 Å². The van der Waals surface area contributed by atoms with Crippen LogP contribution in [0.15, 0.2) is 78.9 Å². The van der Waals surface area contributed by atoms with Crippen LogP contribution < -0.4 is 15.0 Å². The van der Waals surface area contributed by atoms with Gasteiger partial charge in [-0.3, -0.25) is 4.79 Å². The van der Waals surface area contributed by atoms with Crippen molar-refractivity contribution in [1.29, 1.82) is 0 Å². The lowest BCUT2D eigenvalue weighted by Gasteiger charge is -2.33. The Kier molecular flexibility index (Phi) is 7.10. The Labute approximate surface area is 191 Å². The Morgan fingerprint density at radius 1 is 1.06 bits per heavy atom. The average molecular weight is 429 g/mol. The van der Waals surface area contributed by atoms with Gasteiger partial charge >= 0.3 is 0 Å². The van der Waals surface area contributed by atoms with Crippen LogP contribution in [0.1, 0.15) is 54.2 Å². The zero-order chi connectivity index (χ0) is 22.3. The predicted molar refractivity (Wildman–Crippen MR) is 130 cm³/mol. The molecule has 1 amide bonds. The maximum absolute atomic E-state index is 12.8. The lowest BCUT2D eigenvalue weighted by Crippen LogP contribution is -2.34. The fourth-order valence-corrected chi connectivity index (χ4v) is 4.23. The number of amides is 1. The largest absolute Gasteiger partial charge is 0.489 e. The molecule has 3 aromatic carbocycles. The van der Waals surface area contributed by atoms with E-state index in [4.69, 9.17) is 4.74 Å². The van der Waals surface area contributed by atoms with Crippen LogP contribution >= 0.6 is 0 Å². The first-order valence-corrected chi connectivity index (χ1v) is 11.5. The van der Waals surface area contributed by atoms with Crippen molar-refractivity contribution in [3.63, 3.8) is 0 Å². The van der Waals surface area contributed by atoms with Crippen molar-refractivity contribution in [2.24, 2.45) is 5.92 Å². The Morgan fingerprint density at radius 3 is 2.59 bits per heavy atom. The van der Waals surface area contributed by atoms with E-state index in [0.29, 0.717) is 17.9 Å². The maximum Gasteiger partial charge on any atom is 0.251 e. The molecular formula is C28H32N2O2. The van der Waals surface area contributed by atoms with Crippen LogP contribution in [0.2, 0.25) is 0 Å². The molecule has 4 nitrogen and oxygen atoms in total. The zero-order valence-electron chi connectivity index (χ0n) is 19.0. The fraction of sp³-hybridized carbons (Fsp3) is 0.321. The molecule has 1 fully saturated rings. The summed E-state index contributed by atoms with van der Waals surface area (Å²) in [6.07, 6.45) is 2.57. The number of ether oxygens (including phenoxy) is 1. The highest BCUT2D eigenvalue weighted by molar-refractivity contribution is 5.94. The number of anilines is 1. The molecule has 3 aromatic rings. The summed E-state index contributed by atoms with van der Waals surface area (Å²) in [5.74, 6) is 1.33. The summed E-state index contributed by atoms with van der Waals surface area (Å²) in [5, 5.41) is 3.11. The second kappa shape index (κ2) is 10.4. The van der Waals surface area contributed by atoms with Crippen molar-refractivity contribution in [3.8, 4) is 5.75 Å². The third-order valence-electron chi connectivity index (χ3n) is 6.11. The minimum Gasteiger partial charge on any atom is -0.489 e. The van der Waals surface area contributed by atoms with Crippen LogP contribution in [0, 0.1) is 5.92 Å². The van der Waals surface area contributed by atoms with E-state index in [9.17, 15) is 4.79 Å². The standard InChI is InChI=1S/C28H32N2O2/c1-21-8-7-17-30(19-21)26-15-13-24(14-16-26)22(2)29-28(31)25-11-6-12-27(18-25)32-20-23-9-4-3-5-10-23/h3-6,9-16,18,21-22H,7-8,17,19-20H2,1-2H3,(H,29,31)/t21-,22-/m1/s1. The molecule has 1 N–H and O–H groups in total. The minimum atomic E-state index is -0.100. The lowest BCUT2D eigenvalue weighted by atomic mass is 9.99. The van der Waals surface area contributed by atoms with Crippen LogP contribution in [-0.2, 0) is 6.61 Å². The number of hydrogen-bond donors (Lipinski definition) is 1. The Bertz CT molecular complexity index is 1020. The van der Waals surface area contributed by atoms with Crippen LogP contribution in [0.4, 0.5) is 5.69 Å². The second-order valence-electron chi connectivity index (χ2n) is 8.78. The van der Waals surface area contributed by atoms with Gasteiger partial charge in [0.15, 0.2) is 0 Å². The van der Waals surface area contributed by atoms with Gasteiger partial charge in [0.1, 0.15) is 12.4 Å². The molecule has 166 valence electrons. The number of nitrogens with one attached hydrogen (secondary N) is 1. The molecule has 1 saturated heterocycles. The second-order valence-corrected chi connectivity index (χ2v) is 8.78. The van der Waals surface area contributed by atoms with Gasteiger partial charge in [-0.2, -0.15) is 0 Å². The summed E-state index contributed by atoms with van der Waals surface area (Å²) in [7, 11) is 0. The van der Waals surface area contributed by atoms with E-state index >= 15 is 0 Å². The first kappa shape index (κ1) is 21.9. The highest BCUT2D eigenvalue weighted by atomic mass is 16.5. The molecule has 0 radical (unpaired) electrons. The number of rotatable bonds is 7. The van der Waals surface area contributed by atoms with E-state index in [-0.39, 0.29) is 11.9 Å². The van der Waals surface area contributed by atoms with Crippen LogP contribution in [0.25, 0.3) is 0 Å². The molecule has 0 bridgehead atoms. The first-order valence-electron chi connectivity index (χ1n) is 11.5. The number of hydrogen-bond acceptors (Lipinski definition) is 3. The van der Waals surface area contributed by atoms with Crippen molar-refractivity contribution in [1.82, 2.24) is 5.32 Å². The predicted octanol–water partition coefficient (Wildman–Crippen LogP) is 5.99. The van der Waals surface area contributed by atoms with Gasteiger partial charge in [-0.1, -0.05) is 55.5 Å². The highest BCUT2D eigenvalue weighted by Crippen LogP contribution is 2.25. The Morgan fingerprint density at radius 2 is 1.84 bits per heavy atom. The average Bonchev–Trinajstić information content (AvgIpc) is 2.83. The monoisotopic (exact) mass is 428 g/mol. The molecule has 1 heterocycles. The SMILES string of the molecule is C[C@@H]1CCCN(c2ccc([C@@H](C)NC(=O)c3cccc(OCc4ccccc4)c3)cc2)C1. The highest BCUT2D eigenvalue weighted by Gasteiger charge is 2.17. The molecule has 4 rings (SSSR count). The smallest absolute Gasteiger partial charge is 0.251 e. The minimum absolute atomic E-state index is 0.0780. The van der Waals surface area contributed by atoms with Gasteiger partial charge in [0.2, 0.25) is 0 Å². The molecule has 2 atom stereocenters. The molecular weight excluding hydrogens is 396 g/mol. The summed E-state index contributed by atoms with van der Waals surface area (Å²) in [4.78, 5) is 15.3. The molecule has 0 aromatic heterocycles. The van der Waals surface area contributed by atoms with Gasteiger partial charge in [0.05, 0.1) is 6.04 Å². The van der Waals surface area contributed by atoms with E-state index in [0.717, 1.165) is 30.1 Å². The molecule has 0 saturated carbocycles. The van der Waals surface area contributed by atoms with Gasteiger partial charge in [-0.25, -0.2) is 0 Å². The van der Waals surface area contributed by atoms with E-state index < -0.39 is 0 Å². The van der Waals surface area contributed by atoms with E-state index in [1.54, 1.807) is 6.07 Å². The molecule has 0 unspecified atom stereocenters. The quantitative estimate of drug-likeness (QED) is 0.502. The summed E-state index contributed by atoms with van der Waals surface area (Å²) >= 11 is 0. The molecule has 1 aliphatic rings. The van der Waals surface area contributed by atoms with Gasteiger partial charge in [-0.05, 0) is 67.1 Å². The summed E-state index contributed by atoms with van der Waals surface area (Å²) in [6, 6.07) is 25.9. The van der Waals surface area contributed by atoms with Gasteiger partial charge < -0.3 is 15.0 Å². The normalized spacial score (nSPS) is 16.9. The van der Waals surface area contributed by atoms with Crippen LogP contribution in [0.3, 0.4) is 0 Å². The molecule has 0 aliphatic carbocycles. The number of carbonyl (C=O) groups excluding carboxylic acids is 1. The van der Waals surface area contributed by atoms with Gasteiger partial charge in [0.25, 0.3) is 5.91 Å². The van der Waals surface area contributed by atoms with Crippen molar-refractivity contribution in [3.05, 3.63) is 95.6 Å². The third-order valence-corrected chi connectivity index (χ3v) is 6.11. The molecule has 1 aliphatic heterocycles. The lowest BCUT2D eigenvalue weighted by molar-refractivity contribution is 0.0939. The zero-order valence-corrected chi connectivity index (χ0v) is 19.0. The number of carbonyl (C=O) groups is 1. The Balaban J connectivity index is 1.35. The van der Waals surface area contributed by atoms with Crippen LogP contribution in [0.5, 0.6) is 5.75 Å². The number of nitrogens with zero attached hydrogens (tertiary/aromatic N) is 1. The number of piperidine rings is 1. The summed E-state index contributed by atoms with van der Waals surface area (Å²) < 4.78 is 5.87. The van der Waals surface area contributed by atoms with E-state index in [1.165, 1.54) is 18.5 Å². The van der Waals surface area contributed by atoms with Crippen LogP contribution in [-0.4, -0.2) is 19.0 Å². The van der Waals surface area contributed by atoms with E-state index in [2.05, 4.69) is 41.4 Å². The maximum atomic E-state index is 12.8. The van der Waals surface area contributed by atoms with Crippen molar-refractivity contribution >= 4 is 11.6 Å². The van der Waals surface area contributed by atoms with Gasteiger partial charge in [-0.15, -0.1) is 0 Å². The van der Waals surface area contributed by atoms with Crippen molar-refractivity contribution in [2.75, 3.05) is 18.0 Å². The topological polar surface area (TPSA) is 41.6 Å². The summed E-state index contributed by atoms with van der Waals surface area (Å²) in [6.45, 7) is 7.06. The van der Waals surface area contributed by atoms with Crippen molar-refractivity contribution in [2.45, 2.75) is 39.3 Å². The van der Waals surface area contributed by atoms with E-state index in [1.807, 2.05) is 55.5 Å².